The highest BCUT2D eigenvalue weighted by Crippen LogP contribution is 2.33. The van der Waals surface area contributed by atoms with Crippen LogP contribution in [0.2, 0.25) is 0 Å². The van der Waals surface area contributed by atoms with Gasteiger partial charge in [0.25, 0.3) is 0 Å². The molecule has 0 bridgehead atoms. The average Bonchev–Trinajstić information content (AvgIpc) is 2.89. The summed E-state index contributed by atoms with van der Waals surface area (Å²) >= 11 is 0. The molecule has 6 heteroatoms. The molecule has 0 saturated carbocycles. The minimum Gasteiger partial charge on any atom is -0.493 e. The second-order valence-corrected chi connectivity index (χ2v) is 4.19. The summed E-state index contributed by atoms with van der Waals surface area (Å²) < 4.78 is 12.2. The van der Waals surface area contributed by atoms with Gasteiger partial charge in [0, 0.05) is 12.1 Å². The molecule has 0 aliphatic carbocycles. The Balaban J connectivity index is 2.56. The zero-order valence-corrected chi connectivity index (χ0v) is 11.8. The fourth-order valence-corrected chi connectivity index (χ4v) is 2.03. The van der Waals surface area contributed by atoms with Gasteiger partial charge in [0.1, 0.15) is 11.8 Å². The molecular weight excluding hydrogens is 256 g/mol. The summed E-state index contributed by atoms with van der Waals surface area (Å²) in [6.07, 6.45) is 0.911. The van der Waals surface area contributed by atoms with E-state index in [1.165, 1.54) is 0 Å². The lowest BCUT2D eigenvalue weighted by Crippen LogP contribution is -2.02. The van der Waals surface area contributed by atoms with Gasteiger partial charge in [0.05, 0.1) is 14.2 Å². The molecule has 0 aliphatic heterocycles. The first kappa shape index (κ1) is 13.9. The van der Waals surface area contributed by atoms with Crippen molar-refractivity contribution in [1.29, 1.82) is 5.26 Å². The van der Waals surface area contributed by atoms with Gasteiger partial charge in [-0.2, -0.15) is 5.26 Å². The second-order valence-electron chi connectivity index (χ2n) is 4.19. The number of hydrogen-bond acceptors (Lipinski definition) is 5. The van der Waals surface area contributed by atoms with E-state index in [9.17, 15) is 0 Å². The number of aryl methyl sites for hydroxylation is 1. The molecule has 0 saturated heterocycles. The smallest absolute Gasteiger partial charge is 0.190 e. The summed E-state index contributed by atoms with van der Waals surface area (Å²) in [5.41, 5.74) is 1.85. The molecule has 1 aromatic heterocycles. The predicted octanol–water partition coefficient (Wildman–Crippen LogP) is 2.24. The number of aromatic nitrogens is 3. The number of methoxy groups -OCH3 is 2. The number of nitriles is 1. The second kappa shape index (κ2) is 6.06. The highest BCUT2D eigenvalue weighted by molar-refractivity contribution is 5.68. The zero-order chi connectivity index (χ0) is 14.5. The minimum absolute atomic E-state index is 0.311. The van der Waals surface area contributed by atoms with Gasteiger partial charge in [-0.25, -0.2) is 4.68 Å². The Kier molecular flexibility index (Phi) is 4.20. The Morgan fingerprint density at radius 1 is 1.25 bits per heavy atom. The Hall–Kier alpha value is -2.55. The van der Waals surface area contributed by atoms with Crippen LogP contribution >= 0.6 is 0 Å². The molecule has 0 radical (unpaired) electrons. The Morgan fingerprint density at radius 3 is 2.60 bits per heavy atom. The van der Waals surface area contributed by atoms with Crippen molar-refractivity contribution >= 4 is 0 Å². The van der Waals surface area contributed by atoms with Crippen molar-refractivity contribution in [2.75, 3.05) is 14.2 Å². The summed E-state index contributed by atoms with van der Waals surface area (Å²) in [6.45, 7) is 2.75. The van der Waals surface area contributed by atoms with Crippen molar-refractivity contribution in [2.24, 2.45) is 0 Å². The molecule has 1 aromatic carbocycles. The first-order chi connectivity index (χ1) is 9.74. The van der Waals surface area contributed by atoms with Crippen molar-refractivity contribution in [3.63, 3.8) is 0 Å². The summed E-state index contributed by atoms with van der Waals surface area (Å²) in [5.74, 6) is 1.25. The molecule has 0 spiro atoms. The average molecular weight is 272 g/mol. The van der Waals surface area contributed by atoms with Crippen LogP contribution in [-0.4, -0.2) is 29.2 Å². The van der Waals surface area contributed by atoms with Crippen LogP contribution in [0, 0.1) is 11.3 Å². The number of ether oxygens (including phenoxy) is 2. The quantitative estimate of drug-likeness (QED) is 0.834. The third kappa shape index (κ3) is 2.43. The molecule has 2 aromatic rings. The van der Waals surface area contributed by atoms with Gasteiger partial charge in [-0.3, -0.25) is 0 Å². The lowest BCUT2D eigenvalue weighted by molar-refractivity contribution is 0.355. The number of rotatable bonds is 5. The molecule has 0 unspecified atom stereocenters. The molecule has 2 rings (SSSR count). The van der Waals surface area contributed by atoms with E-state index in [0.717, 1.165) is 12.0 Å². The van der Waals surface area contributed by atoms with E-state index in [4.69, 9.17) is 14.7 Å². The van der Waals surface area contributed by atoms with Crippen LogP contribution in [0.25, 0.3) is 11.3 Å². The standard InChI is InChI=1S/C14H16N4O2/c1-4-7-18-14(11(9-15)16-17-18)10-5-6-12(19-2)13(8-10)20-3/h5-6,8H,4,7H2,1-3H3. The Bertz CT molecular complexity index is 643. The van der Waals surface area contributed by atoms with Crippen LogP contribution in [-0.2, 0) is 6.54 Å². The van der Waals surface area contributed by atoms with Gasteiger partial charge in [0.2, 0.25) is 0 Å². The van der Waals surface area contributed by atoms with Crippen molar-refractivity contribution in [1.82, 2.24) is 15.0 Å². The maximum atomic E-state index is 9.17. The third-order valence-electron chi connectivity index (χ3n) is 2.93. The van der Waals surface area contributed by atoms with Crippen molar-refractivity contribution < 1.29 is 9.47 Å². The topological polar surface area (TPSA) is 73.0 Å². The SMILES string of the molecule is CCCn1nnc(C#N)c1-c1ccc(OC)c(OC)c1. The summed E-state index contributed by atoms with van der Waals surface area (Å²) in [6, 6.07) is 7.57. The lowest BCUT2D eigenvalue weighted by Gasteiger charge is -2.10. The molecule has 0 aliphatic rings. The number of nitrogens with zero attached hydrogens (tertiary/aromatic N) is 4. The number of benzene rings is 1. The third-order valence-corrected chi connectivity index (χ3v) is 2.93. The van der Waals surface area contributed by atoms with Crippen LogP contribution in [0.1, 0.15) is 19.0 Å². The van der Waals surface area contributed by atoms with Gasteiger partial charge in [-0.05, 0) is 24.6 Å². The lowest BCUT2D eigenvalue weighted by atomic mass is 10.1. The molecule has 0 N–H and O–H groups in total. The fraction of sp³-hybridized carbons (Fsp3) is 0.357. The van der Waals surface area contributed by atoms with Crippen molar-refractivity contribution in [3.8, 4) is 28.8 Å². The van der Waals surface area contributed by atoms with Gasteiger partial charge in [-0.1, -0.05) is 12.1 Å². The van der Waals surface area contributed by atoms with E-state index in [-0.39, 0.29) is 0 Å². The largest absolute Gasteiger partial charge is 0.493 e. The fourth-order valence-electron chi connectivity index (χ4n) is 2.03. The van der Waals surface area contributed by atoms with Crippen molar-refractivity contribution in [3.05, 3.63) is 23.9 Å². The van der Waals surface area contributed by atoms with E-state index >= 15 is 0 Å². The van der Waals surface area contributed by atoms with Gasteiger partial charge in [0.15, 0.2) is 17.2 Å². The van der Waals surface area contributed by atoms with E-state index < -0.39 is 0 Å². The predicted molar refractivity (Wildman–Crippen MR) is 73.6 cm³/mol. The molecule has 1 heterocycles. The van der Waals surface area contributed by atoms with E-state index in [2.05, 4.69) is 16.4 Å². The van der Waals surface area contributed by atoms with Crippen LogP contribution in [0.15, 0.2) is 18.2 Å². The Morgan fingerprint density at radius 2 is 2.00 bits per heavy atom. The van der Waals surface area contributed by atoms with Gasteiger partial charge in [-0.15, -0.1) is 5.10 Å². The van der Waals surface area contributed by atoms with Gasteiger partial charge < -0.3 is 9.47 Å². The summed E-state index contributed by atoms with van der Waals surface area (Å²) in [4.78, 5) is 0. The van der Waals surface area contributed by atoms with Crippen LogP contribution in [0.5, 0.6) is 11.5 Å². The van der Waals surface area contributed by atoms with Crippen LogP contribution in [0.4, 0.5) is 0 Å². The summed E-state index contributed by atoms with van der Waals surface area (Å²) in [7, 11) is 3.16. The first-order valence-electron chi connectivity index (χ1n) is 6.31. The maximum Gasteiger partial charge on any atom is 0.190 e. The van der Waals surface area contributed by atoms with Crippen molar-refractivity contribution in [2.45, 2.75) is 19.9 Å². The maximum absolute atomic E-state index is 9.17. The Labute approximate surface area is 117 Å². The molecule has 0 amide bonds. The highest BCUT2D eigenvalue weighted by Gasteiger charge is 2.16. The monoisotopic (exact) mass is 272 g/mol. The summed E-state index contributed by atoms with van der Waals surface area (Å²) in [5, 5.41) is 17.1. The normalized spacial score (nSPS) is 10.1. The molecule has 0 atom stereocenters. The van der Waals surface area contributed by atoms with Crippen LogP contribution in [0.3, 0.4) is 0 Å². The minimum atomic E-state index is 0.311. The first-order valence-corrected chi connectivity index (χ1v) is 6.31. The molecule has 104 valence electrons. The van der Waals surface area contributed by atoms with E-state index in [0.29, 0.717) is 29.4 Å². The van der Waals surface area contributed by atoms with Crippen LogP contribution < -0.4 is 9.47 Å². The zero-order valence-electron chi connectivity index (χ0n) is 11.8. The van der Waals surface area contributed by atoms with Gasteiger partial charge >= 0.3 is 0 Å². The van der Waals surface area contributed by atoms with E-state index in [1.807, 2.05) is 19.1 Å². The number of hydrogen-bond donors (Lipinski definition) is 0. The molecule has 20 heavy (non-hydrogen) atoms. The van der Waals surface area contributed by atoms with E-state index in [1.54, 1.807) is 25.0 Å². The molecule has 6 nitrogen and oxygen atoms in total. The molecular formula is C14H16N4O2. The highest BCUT2D eigenvalue weighted by atomic mass is 16.5. The molecule has 0 fully saturated rings.